The van der Waals surface area contributed by atoms with Gasteiger partial charge in [0, 0.05) is 19.6 Å². The number of hydrogen-bond acceptors (Lipinski definition) is 2. The van der Waals surface area contributed by atoms with Crippen LogP contribution in [0.3, 0.4) is 0 Å². The summed E-state index contributed by atoms with van der Waals surface area (Å²) in [6.45, 7) is 5.45. The van der Waals surface area contributed by atoms with Gasteiger partial charge < -0.3 is 9.47 Å². The second kappa shape index (κ2) is 11.6. The molecule has 0 fully saturated rings. The van der Waals surface area contributed by atoms with E-state index >= 15 is 0 Å². The van der Waals surface area contributed by atoms with Crippen LogP contribution in [0.1, 0.15) is 52.4 Å². The molecule has 0 bridgehead atoms. The molecule has 0 atom stereocenters. The van der Waals surface area contributed by atoms with Crippen LogP contribution in [0.2, 0.25) is 0 Å². The van der Waals surface area contributed by atoms with Gasteiger partial charge in [0.25, 0.3) is 0 Å². The van der Waals surface area contributed by atoms with Crippen LogP contribution in [0.4, 0.5) is 0 Å². The minimum absolute atomic E-state index is 0.00682. The minimum atomic E-state index is -0.00682. The van der Waals surface area contributed by atoms with Crippen LogP contribution >= 0.6 is 0 Å². The van der Waals surface area contributed by atoms with Crippen molar-refractivity contribution in [2.75, 3.05) is 13.2 Å². The number of rotatable bonds is 10. The van der Waals surface area contributed by atoms with Crippen molar-refractivity contribution in [3.63, 3.8) is 0 Å². The maximum Gasteiger partial charge on any atom is 0.157 e. The Kier molecular flexibility index (Phi) is 11.2. The highest BCUT2D eigenvalue weighted by Crippen LogP contribution is 2.10. The van der Waals surface area contributed by atoms with Gasteiger partial charge in [-0.3, -0.25) is 0 Å². The molecule has 0 rings (SSSR count). The zero-order valence-corrected chi connectivity index (χ0v) is 10.1. The molecule has 0 aliphatic rings. The van der Waals surface area contributed by atoms with Crippen LogP contribution in [-0.4, -0.2) is 19.5 Å². The fraction of sp³-hybridized carbons (Fsp3) is 0.846. The van der Waals surface area contributed by atoms with Gasteiger partial charge in [0.05, 0.1) is 0 Å². The van der Waals surface area contributed by atoms with Crippen molar-refractivity contribution in [1.82, 2.24) is 0 Å². The maximum absolute atomic E-state index is 5.46. The Labute approximate surface area is 94.3 Å². The first-order valence-corrected chi connectivity index (χ1v) is 6.01. The first kappa shape index (κ1) is 14.5. The van der Waals surface area contributed by atoms with E-state index in [1.165, 1.54) is 12.8 Å². The third-order valence-electron chi connectivity index (χ3n) is 2.22. The molecule has 0 heterocycles. The van der Waals surface area contributed by atoms with Crippen LogP contribution in [0, 0.1) is 12.3 Å². The number of terminal acetylenes is 1. The molecule has 0 amide bonds. The van der Waals surface area contributed by atoms with Gasteiger partial charge in [-0.1, -0.05) is 12.8 Å². The molecular formula is C13H24O2. The van der Waals surface area contributed by atoms with Crippen LogP contribution in [0.25, 0.3) is 0 Å². The fourth-order valence-electron chi connectivity index (χ4n) is 1.48. The van der Waals surface area contributed by atoms with Crippen molar-refractivity contribution in [2.24, 2.45) is 0 Å². The normalized spacial score (nSPS) is 10.5. The van der Waals surface area contributed by atoms with Gasteiger partial charge in [-0.15, -0.1) is 12.3 Å². The first-order valence-electron chi connectivity index (χ1n) is 6.01. The fourth-order valence-corrected chi connectivity index (χ4v) is 1.48. The van der Waals surface area contributed by atoms with Crippen LogP contribution < -0.4 is 0 Å². The molecule has 88 valence electrons. The zero-order chi connectivity index (χ0) is 11.4. The topological polar surface area (TPSA) is 18.5 Å². The molecule has 2 nitrogen and oxygen atoms in total. The summed E-state index contributed by atoms with van der Waals surface area (Å²) in [6, 6.07) is 0. The van der Waals surface area contributed by atoms with Gasteiger partial charge in [0.2, 0.25) is 0 Å². The van der Waals surface area contributed by atoms with Crippen LogP contribution in [0.5, 0.6) is 0 Å². The molecule has 2 heteroatoms. The van der Waals surface area contributed by atoms with Crippen molar-refractivity contribution in [2.45, 2.75) is 58.7 Å². The second-order valence-electron chi connectivity index (χ2n) is 3.50. The molecule has 0 radical (unpaired) electrons. The molecule has 0 aliphatic carbocycles. The summed E-state index contributed by atoms with van der Waals surface area (Å²) in [5.74, 6) is 2.66. The van der Waals surface area contributed by atoms with Crippen molar-refractivity contribution < 1.29 is 9.47 Å². The molecule has 0 saturated carbocycles. The quantitative estimate of drug-likeness (QED) is 0.314. The summed E-state index contributed by atoms with van der Waals surface area (Å²) in [5, 5.41) is 0. The molecule has 0 aromatic carbocycles. The minimum Gasteiger partial charge on any atom is -0.353 e. The number of unbranched alkanes of at least 4 members (excludes halogenated alkanes) is 4. The molecule has 0 N–H and O–H groups in total. The van der Waals surface area contributed by atoms with Gasteiger partial charge in [-0.2, -0.15) is 0 Å². The lowest BCUT2D eigenvalue weighted by Gasteiger charge is -2.16. The van der Waals surface area contributed by atoms with Gasteiger partial charge in [0.1, 0.15) is 0 Å². The second-order valence-corrected chi connectivity index (χ2v) is 3.50. The Morgan fingerprint density at radius 1 is 1.00 bits per heavy atom. The largest absolute Gasteiger partial charge is 0.353 e. The lowest BCUT2D eigenvalue weighted by atomic mass is 10.1. The van der Waals surface area contributed by atoms with E-state index in [1.807, 2.05) is 13.8 Å². The zero-order valence-electron chi connectivity index (χ0n) is 10.1. The van der Waals surface area contributed by atoms with Gasteiger partial charge in [-0.25, -0.2) is 0 Å². The Balaban J connectivity index is 3.32. The predicted octanol–water partition coefficient (Wildman–Crippen LogP) is 3.36. The van der Waals surface area contributed by atoms with E-state index in [9.17, 15) is 0 Å². The van der Waals surface area contributed by atoms with E-state index in [0.717, 1.165) is 38.9 Å². The predicted molar refractivity (Wildman–Crippen MR) is 63.6 cm³/mol. The summed E-state index contributed by atoms with van der Waals surface area (Å²) in [5.41, 5.74) is 0. The highest BCUT2D eigenvalue weighted by molar-refractivity contribution is 4.82. The summed E-state index contributed by atoms with van der Waals surface area (Å²) in [7, 11) is 0. The molecule has 0 aromatic rings. The molecule has 0 aromatic heterocycles. The Morgan fingerprint density at radius 2 is 1.60 bits per heavy atom. The summed E-state index contributed by atoms with van der Waals surface area (Å²) in [6.07, 6.45) is 11.8. The molecule has 0 aliphatic heterocycles. The summed E-state index contributed by atoms with van der Waals surface area (Å²) >= 11 is 0. The Bertz CT molecular complexity index is 154. The van der Waals surface area contributed by atoms with Crippen LogP contribution in [0.15, 0.2) is 0 Å². The standard InChI is InChI=1S/C13H24O2/c1-4-7-8-9-10-11-12-13(14-5-2)15-6-3/h1,13H,5-12H2,2-3H3. The summed E-state index contributed by atoms with van der Waals surface area (Å²) in [4.78, 5) is 0. The highest BCUT2D eigenvalue weighted by Gasteiger charge is 2.06. The van der Waals surface area contributed by atoms with E-state index < -0.39 is 0 Å². The van der Waals surface area contributed by atoms with E-state index in [-0.39, 0.29) is 6.29 Å². The molecule has 15 heavy (non-hydrogen) atoms. The number of ether oxygens (including phenoxy) is 2. The molecular weight excluding hydrogens is 188 g/mol. The van der Waals surface area contributed by atoms with E-state index in [2.05, 4.69) is 5.92 Å². The van der Waals surface area contributed by atoms with E-state index in [0.29, 0.717) is 0 Å². The number of hydrogen-bond donors (Lipinski definition) is 0. The van der Waals surface area contributed by atoms with Crippen LogP contribution in [-0.2, 0) is 9.47 Å². The SMILES string of the molecule is C#CCCCCCCC(OCC)OCC. The molecule has 0 spiro atoms. The average molecular weight is 212 g/mol. The third-order valence-corrected chi connectivity index (χ3v) is 2.22. The lowest BCUT2D eigenvalue weighted by molar-refractivity contribution is -0.140. The van der Waals surface area contributed by atoms with Gasteiger partial charge >= 0.3 is 0 Å². The molecule has 0 unspecified atom stereocenters. The maximum atomic E-state index is 5.46. The van der Waals surface area contributed by atoms with Crippen molar-refractivity contribution in [3.8, 4) is 12.3 Å². The Hall–Kier alpha value is -0.520. The summed E-state index contributed by atoms with van der Waals surface area (Å²) < 4.78 is 10.9. The highest BCUT2D eigenvalue weighted by atomic mass is 16.7. The van der Waals surface area contributed by atoms with Gasteiger partial charge in [-0.05, 0) is 33.1 Å². The third kappa shape index (κ3) is 9.78. The van der Waals surface area contributed by atoms with Crippen molar-refractivity contribution in [3.05, 3.63) is 0 Å². The Morgan fingerprint density at radius 3 is 2.13 bits per heavy atom. The van der Waals surface area contributed by atoms with E-state index in [4.69, 9.17) is 15.9 Å². The van der Waals surface area contributed by atoms with E-state index in [1.54, 1.807) is 0 Å². The van der Waals surface area contributed by atoms with Crippen molar-refractivity contribution >= 4 is 0 Å². The lowest BCUT2D eigenvalue weighted by Crippen LogP contribution is -2.17. The van der Waals surface area contributed by atoms with Gasteiger partial charge in [0.15, 0.2) is 6.29 Å². The smallest absolute Gasteiger partial charge is 0.157 e. The van der Waals surface area contributed by atoms with Crippen molar-refractivity contribution in [1.29, 1.82) is 0 Å². The average Bonchev–Trinajstić information content (AvgIpc) is 2.24. The monoisotopic (exact) mass is 212 g/mol. The first-order chi connectivity index (χ1) is 7.35. The molecule has 0 saturated heterocycles.